The Morgan fingerprint density at radius 1 is 0.750 bits per heavy atom. The number of benzene rings is 1. The van der Waals surface area contributed by atoms with E-state index in [0.29, 0.717) is 36.3 Å². The van der Waals surface area contributed by atoms with E-state index in [4.69, 9.17) is 0 Å². The molecule has 3 rings (SSSR count). The summed E-state index contributed by atoms with van der Waals surface area (Å²) < 4.78 is 0. The second-order valence-corrected chi connectivity index (χ2v) is 9.56. The fourth-order valence-electron chi connectivity index (χ4n) is 4.92. The number of nitrogens with one attached hydrogen (secondary N) is 2. The van der Waals surface area contributed by atoms with Crippen molar-refractivity contribution in [1.29, 1.82) is 0 Å². The van der Waals surface area contributed by atoms with Crippen LogP contribution in [0.25, 0.3) is 0 Å². The molecule has 1 aromatic rings. The van der Waals surface area contributed by atoms with Gasteiger partial charge in [-0.1, -0.05) is 12.8 Å². The molecule has 6 heteroatoms. The fourth-order valence-corrected chi connectivity index (χ4v) is 4.92. The maximum Gasteiger partial charge on any atom is 0.251 e. The molecule has 2 unspecified atom stereocenters. The van der Waals surface area contributed by atoms with Gasteiger partial charge in [-0.25, -0.2) is 0 Å². The van der Waals surface area contributed by atoms with Gasteiger partial charge in [-0.15, -0.1) is 0 Å². The fraction of sp³-hybridized carbons (Fsp3) is 0.692. The van der Waals surface area contributed by atoms with E-state index < -0.39 is 0 Å². The number of hydrogen-bond acceptors (Lipinski definition) is 4. The molecule has 2 fully saturated rings. The third-order valence-corrected chi connectivity index (χ3v) is 7.11. The lowest BCUT2D eigenvalue weighted by Crippen LogP contribution is -2.39. The number of piperidine rings is 2. The summed E-state index contributed by atoms with van der Waals surface area (Å²) >= 11 is 0. The molecule has 2 heterocycles. The molecule has 2 atom stereocenters. The average molecular weight is 443 g/mol. The molecule has 32 heavy (non-hydrogen) atoms. The highest BCUT2D eigenvalue weighted by Crippen LogP contribution is 2.17. The Morgan fingerprint density at radius 2 is 1.16 bits per heavy atom. The van der Waals surface area contributed by atoms with E-state index in [-0.39, 0.29) is 11.8 Å². The number of carbonyl (C=O) groups excluding carboxylic acids is 2. The number of amides is 2. The van der Waals surface area contributed by atoms with Gasteiger partial charge >= 0.3 is 0 Å². The second kappa shape index (κ2) is 12.9. The van der Waals surface area contributed by atoms with Crippen LogP contribution in [0.5, 0.6) is 0 Å². The lowest BCUT2D eigenvalue weighted by molar-refractivity contribution is 0.0937. The van der Waals surface area contributed by atoms with Crippen LogP contribution < -0.4 is 10.6 Å². The molecule has 0 aromatic heterocycles. The van der Waals surface area contributed by atoms with Crippen LogP contribution in [0.15, 0.2) is 24.3 Å². The zero-order valence-corrected chi connectivity index (χ0v) is 20.1. The molecule has 0 saturated carbocycles. The van der Waals surface area contributed by atoms with E-state index in [2.05, 4.69) is 34.3 Å². The molecule has 6 nitrogen and oxygen atoms in total. The molecule has 2 N–H and O–H groups in total. The first-order valence-corrected chi connectivity index (χ1v) is 12.7. The molecule has 1 aromatic carbocycles. The minimum atomic E-state index is -0.0701. The molecule has 2 amide bonds. The van der Waals surface area contributed by atoms with Crippen molar-refractivity contribution in [1.82, 2.24) is 20.4 Å². The zero-order chi connectivity index (χ0) is 22.8. The number of rotatable bonds is 10. The molecule has 2 saturated heterocycles. The van der Waals surface area contributed by atoms with E-state index in [1.54, 1.807) is 24.3 Å². The highest BCUT2D eigenvalue weighted by Gasteiger charge is 2.18. The number of hydrogen-bond donors (Lipinski definition) is 2. The van der Waals surface area contributed by atoms with E-state index in [1.807, 2.05) is 0 Å². The van der Waals surface area contributed by atoms with Crippen LogP contribution in [0.3, 0.4) is 0 Å². The van der Waals surface area contributed by atoms with Gasteiger partial charge in [-0.05, 0) is 89.7 Å². The predicted octanol–water partition coefficient (Wildman–Crippen LogP) is 3.68. The molecule has 0 spiro atoms. The average Bonchev–Trinajstić information content (AvgIpc) is 2.81. The Bertz CT molecular complexity index is 660. The summed E-state index contributed by atoms with van der Waals surface area (Å²) in [5.41, 5.74) is 1.21. The first-order chi connectivity index (χ1) is 15.5. The molecule has 2 aliphatic heterocycles. The van der Waals surface area contributed by atoms with Crippen molar-refractivity contribution in [2.24, 2.45) is 0 Å². The predicted molar refractivity (Wildman–Crippen MR) is 130 cm³/mol. The first kappa shape index (κ1) is 24.7. The Morgan fingerprint density at radius 3 is 1.53 bits per heavy atom. The van der Waals surface area contributed by atoms with Crippen LogP contribution in [-0.4, -0.2) is 73.0 Å². The highest BCUT2D eigenvalue weighted by molar-refractivity contribution is 5.97. The summed E-state index contributed by atoms with van der Waals surface area (Å²) in [6.07, 6.45) is 9.73. The van der Waals surface area contributed by atoms with Crippen LogP contribution in [-0.2, 0) is 0 Å². The highest BCUT2D eigenvalue weighted by atomic mass is 16.2. The minimum absolute atomic E-state index is 0.0701. The second-order valence-electron chi connectivity index (χ2n) is 9.56. The van der Waals surface area contributed by atoms with Crippen LogP contribution in [0.1, 0.15) is 85.9 Å². The lowest BCUT2D eigenvalue weighted by Gasteiger charge is -2.33. The van der Waals surface area contributed by atoms with Gasteiger partial charge in [-0.2, -0.15) is 0 Å². The standard InChI is InChI=1S/C26H42N4O2/c1-21-9-3-5-17-29(21)19-7-15-27-25(31)23-11-13-24(14-12-23)26(32)28-16-8-20-30-18-6-4-10-22(30)2/h11-14,21-22H,3-10,15-20H2,1-2H3,(H,27,31)(H,28,32). The van der Waals surface area contributed by atoms with Crippen molar-refractivity contribution in [3.05, 3.63) is 35.4 Å². The van der Waals surface area contributed by atoms with Gasteiger partial charge < -0.3 is 20.4 Å². The van der Waals surface area contributed by atoms with E-state index >= 15 is 0 Å². The van der Waals surface area contributed by atoms with E-state index in [1.165, 1.54) is 51.6 Å². The molecule has 178 valence electrons. The van der Waals surface area contributed by atoms with E-state index in [0.717, 1.165) is 25.9 Å². The summed E-state index contributed by atoms with van der Waals surface area (Å²) in [4.78, 5) is 29.8. The van der Waals surface area contributed by atoms with Crippen molar-refractivity contribution in [2.45, 2.75) is 77.3 Å². The van der Waals surface area contributed by atoms with Crippen molar-refractivity contribution >= 4 is 11.8 Å². The van der Waals surface area contributed by atoms with Gasteiger partial charge in [0.2, 0.25) is 0 Å². The first-order valence-electron chi connectivity index (χ1n) is 12.7. The van der Waals surface area contributed by atoms with Gasteiger partial charge in [0.05, 0.1) is 0 Å². The van der Waals surface area contributed by atoms with Gasteiger partial charge in [-0.3, -0.25) is 9.59 Å². The largest absolute Gasteiger partial charge is 0.352 e. The summed E-state index contributed by atoms with van der Waals surface area (Å²) in [5, 5.41) is 6.02. The summed E-state index contributed by atoms with van der Waals surface area (Å²) in [6.45, 7) is 10.4. The SMILES string of the molecule is CC1CCCCN1CCCNC(=O)c1ccc(C(=O)NCCCN2CCCCC2C)cc1. The Hall–Kier alpha value is -1.92. The number of likely N-dealkylation sites (tertiary alicyclic amines) is 2. The van der Waals surface area contributed by atoms with Crippen LogP contribution in [0.4, 0.5) is 0 Å². The van der Waals surface area contributed by atoms with Crippen molar-refractivity contribution in [2.75, 3.05) is 39.3 Å². The van der Waals surface area contributed by atoms with Gasteiger partial charge in [0.1, 0.15) is 0 Å². The minimum Gasteiger partial charge on any atom is -0.352 e. The van der Waals surface area contributed by atoms with Crippen LogP contribution in [0.2, 0.25) is 0 Å². The van der Waals surface area contributed by atoms with Crippen molar-refractivity contribution in [3.8, 4) is 0 Å². The lowest BCUT2D eigenvalue weighted by atomic mass is 10.0. The monoisotopic (exact) mass is 442 g/mol. The maximum absolute atomic E-state index is 12.4. The Labute approximate surface area is 194 Å². The number of carbonyl (C=O) groups is 2. The topological polar surface area (TPSA) is 64.7 Å². The number of nitrogens with zero attached hydrogens (tertiary/aromatic N) is 2. The zero-order valence-electron chi connectivity index (χ0n) is 20.1. The molecule has 0 bridgehead atoms. The summed E-state index contributed by atoms with van der Waals surface area (Å²) in [5.74, 6) is -0.140. The quantitative estimate of drug-likeness (QED) is 0.543. The normalized spacial score (nSPS) is 22.4. The van der Waals surface area contributed by atoms with Crippen molar-refractivity contribution < 1.29 is 9.59 Å². The van der Waals surface area contributed by atoms with Crippen LogP contribution >= 0.6 is 0 Å². The molecule has 2 aliphatic rings. The third kappa shape index (κ3) is 7.59. The Balaban J connectivity index is 1.32. The van der Waals surface area contributed by atoms with Crippen LogP contribution in [0, 0.1) is 0 Å². The smallest absolute Gasteiger partial charge is 0.251 e. The maximum atomic E-state index is 12.4. The molecule has 0 radical (unpaired) electrons. The summed E-state index contributed by atoms with van der Waals surface area (Å²) in [7, 11) is 0. The molecular weight excluding hydrogens is 400 g/mol. The molecular formula is C26H42N4O2. The van der Waals surface area contributed by atoms with Gasteiger partial charge in [0.15, 0.2) is 0 Å². The summed E-state index contributed by atoms with van der Waals surface area (Å²) in [6, 6.07) is 8.29. The van der Waals surface area contributed by atoms with Crippen molar-refractivity contribution in [3.63, 3.8) is 0 Å². The molecule has 0 aliphatic carbocycles. The van der Waals surface area contributed by atoms with E-state index in [9.17, 15) is 9.59 Å². The third-order valence-electron chi connectivity index (χ3n) is 7.11. The van der Waals surface area contributed by atoms with Gasteiger partial charge in [0, 0.05) is 49.4 Å². The van der Waals surface area contributed by atoms with Gasteiger partial charge in [0.25, 0.3) is 11.8 Å². The Kier molecular flexibility index (Phi) is 10.0.